The molecule has 1 unspecified atom stereocenters. The first-order valence-electron chi connectivity index (χ1n) is 8.25. The van der Waals surface area contributed by atoms with Crippen molar-refractivity contribution < 1.29 is 13.6 Å². The maximum absolute atomic E-state index is 14.3. The van der Waals surface area contributed by atoms with Gasteiger partial charge in [-0.1, -0.05) is 28.1 Å². The van der Waals surface area contributed by atoms with E-state index < -0.39 is 12.0 Å². The number of nitrogens with zero attached hydrogens (tertiary/aromatic N) is 2. The summed E-state index contributed by atoms with van der Waals surface area (Å²) in [4.78, 5) is 18.8. The number of carbonyl (C=O) groups excluding carboxylic acids is 1. The zero-order valence-electron chi connectivity index (χ0n) is 14.0. The van der Waals surface area contributed by atoms with Crippen LogP contribution in [0.5, 0.6) is 0 Å². The monoisotopic (exact) mass is 429 g/mol. The molecular weight excluding hydrogens is 416 g/mol. The van der Waals surface area contributed by atoms with Gasteiger partial charge in [-0.3, -0.25) is 9.78 Å². The van der Waals surface area contributed by atoms with E-state index in [1.165, 1.54) is 18.2 Å². The molecule has 0 spiro atoms. The van der Waals surface area contributed by atoms with Crippen LogP contribution in [-0.4, -0.2) is 15.8 Å². The molecule has 0 saturated carbocycles. The molecule has 4 nitrogen and oxygen atoms in total. The minimum atomic E-state index is -0.630. The molecule has 1 aromatic heterocycles. The molecule has 3 aromatic rings. The van der Waals surface area contributed by atoms with Crippen LogP contribution in [0.25, 0.3) is 0 Å². The number of hydrogen-bond donors (Lipinski definition) is 1. The third-order valence-electron chi connectivity index (χ3n) is 4.39. The van der Waals surface area contributed by atoms with Crippen LogP contribution in [0.1, 0.15) is 27.8 Å². The van der Waals surface area contributed by atoms with Crippen LogP contribution in [0.4, 0.5) is 14.5 Å². The molecule has 2 heterocycles. The number of carbonyl (C=O) groups is 1. The van der Waals surface area contributed by atoms with E-state index in [2.05, 4.69) is 26.2 Å². The van der Waals surface area contributed by atoms with Crippen LogP contribution in [0.2, 0.25) is 0 Å². The molecule has 1 aliphatic heterocycles. The second-order valence-electron chi connectivity index (χ2n) is 6.17. The lowest BCUT2D eigenvalue weighted by atomic mass is 10.2. The van der Waals surface area contributed by atoms with E-state index in [9.17, 15) is 13.6 Å². The Kier molecular flexibility index (Phi) is 4.61. The highest BCUT2D eigenvalue weighted by atomic mass is 79.9. The van der Waals surface area contributed by atoms with E-state index in [-0.39, 0.29) is 24.0 Å². The van der Waals surface area contributed by atoms with Gasteiger partial charge in [-0.15, -0.1) is 0 Å². The first-order chi connectivity index (χ1) is 13.0. The van der Waals surface area contributed by atoms with Gasteiger partial charge in [0.25, 0.3) is 5.91 Å². The van der Waals surface area contributed by atoms with Gasteiger partial charge in [0.2, 0.25) is 0 Å². The fraction of sp³-hybridized carbons (Fsp3) is 0.100. The smallest absolute Gasteiger partial charge is 0.258 e. The van der Waals surface area contributed by atoms with Crippen molar-refractivity contribution in [2.75, 3.05) is 5.32 Å². The number of pyridine rings is 1. The highest BCUT2D eigenvalue weighted by Crippen LogP contribution is 2.35. The number of hydrogen-bond acceptors (Lipinski definition) is 3. The minimum absolute atomic E-state index is 0.211. The third kappa shape index (κ3) is 3.42. The molecule has 0 saturated heterocycles. The Labute approximate surface area is 163 Å². The molecule has 0 aliphatic carbocycles. The zero-order chi connectivity index (χ0) is 19.0. The van der Waals surface area contributed by atoms with Crippen LogP contribution in [0.3, 0.4) is 0 Å². The molecule has 1 aliphatic rings. The maximum atomic E-state index is 14.3. The molecule has 2 aromatic carbocycles. The average Bonchev–Trinajstić information content (AvgIpc) is 2.92. The molecule has 1 amide bonds. The van der Waals surface area contributed by atoms with Crippen molar-refractivity contribution in [1.82, 2.24) is 9.88 Å². The Hall–Kier alpha value is -2.80. The predicted octanol–water partition coefficient (Wildman–Crippen LogP) is 4.89. The average molecular weight is 430 g/mol. The van der Waals surface area contributed by atoms with Gasteiger partial charge in [-0.05, 0) is 48.0 Å². The van der Waals surface area contributed by atoms with Gasteiger partial charge in [0, 0.05) is 17.2 Å². The highest BCUT2D eigenvalue weighted by Gasteiger charge is 2.38. The normalized spacial score (nSPS) is 15.7. The van der Waals surface area contributed by atoms with Crippen LogP contribution in [0.15, 0.2) is 65.3 Å². The molecule has 0 radical (unpaired) electrons. The van der Waals surface area contributed by atoms with Crippen molar-refractivity contribution in [3.8, 4) is 0 Å². The second kappa shape index (κ2) is 7.08. The number of anilines is 1. The second-order valence-corrected chi connectivity index (χ2v) is 7.08. The van der Waals surface area contributed by atoms with Crippen LogP contribution in [0, 0.1) is 11.6 Å². The summed E-state index contributed by atoms with van der Waals surface area (Å²) in [6, 6.07) is 14.0. The summed E-state index contributed by atoms with van der Waals surface area (Å²) in [6.45, 7) is 0.241. The molecule has 0 fully saturated rings. The summed E-state index contributed by atoms with van der Waals surface area (Å²) >= 11 is 3.23. The molecule has 0 bridgehead atoms. The lowest BCUT2D eigenvalue weighted by Crippen LogP contribution is -2.32. The van der Waals surface area contributed by atoms with Crippen LogP contribution >= 0.6 is 15.9 Å². The van der Waals surface area contributed by atoms with E-state index >= 15 is 0 Å². The van der Waals surface area contributed by atoms with Gasteiger partial charge >= 0.3 is 0 Å². The first kappa shape index (κ1) is 17.6. The SMILES string of the molecule is O=C1c2cccnc2C(Nc2ccc(Br)cc2F)N1Cc1ccc(F)cc1. The van der Waals surface area contributed by atoms with Crippen molar-refractivity contribution in [3.05, 3.63) is 93.7 Å². The van der Waals surface area contributed by atoms with Gasteiger partial charge in [0.05, 0.1) is 16.9 Å². The van der Waals surface area contributed by atoms with Crippen LogP contribution < -0.4 is 5.32 Å². The lowest BCUT2D eigenvalue weighted by molar-refractivity contribution is 0.0727. The van der Waals surface area contributed by atoms with Gasteiger partial charge in [0.15, 0.2) is 0 Å². The molecule has 7 heteroatoms. The predicted molar refractivity (Wildman–Crippen MR) is 101 cm³/mol. The number of halogens is 3. The Bertz CT molecular complexity index is 1010. The summed E-state index contributed by atoms with van der Waals surface area (Å²) in [5.74, 6) is -0.997. The summed E-state index contributed by atoms with van der Waals surface area (Å²) in [5, 5.41) is 3.08. The minimum Gasteiger partial charge on any atom is -0.358 e. The molecule has 4 rings (SSSR count). The van der Waals surface area contributed by atoms with E-state index in [1.807, 2.05) is 0 Å². The van der Waals surface area contributed by atoms with E-state index in [0.717, 1.165) is 5.56 Å². The van der Waals surface area contributed by atoms with E-state index in [4.69, 9.17) is 0 Å². The van der Waals surface area contributed by atoms with Gasteiger partial charge in [-0.2, -0.15) is 0 Å². The Morgan fingerprint density at radius 3 is 2.63 bits per heavy atom. The third-order valence-corrected chi connectivity index (χ3v) is 4.88. The number of rotatable bonds is 4. The number of amides is 1. The fourth-order valence-electron chi connectivity index (χ4n) is 3.09. The summed E-state index contributed by atoms with van der Waals surface area (Å²) < 4.78 is 28.1. The number of nitrogens with one attached hydrogen (secondary N) is 1. The quantitative estimate of drug-likeness (QED) is 0.641. The van der Waals surface area contributed by atoms with Gasteiger partial charge in [-0.25, -0.2) is 8.78 Å². The largest absolute Gasteiger partial charge is 0.358 e. The van der Waals surface area contributed by atoms with Crippen molar-refractivity contribution >= 4 is 27.5 Å². The molecule has 1 atom stereocenters. The molecule has 1 N–H and O–H groups in total. The number of aromatic nitrogens is 1. The number of benzene rings is 2. The number of fused-ring (bicyclic) bond motifs is 1. The first-order valence-corrected chi connectivity index (χ1v) is 9.04. The van der Waals surface area contributed by atoms with Crippen molar-refractivity contribution in [3.63, 3.8) is 0 Å². The zero-order valence-corrected chi connectivity index (χ0v) is 15.6. The van der Waals surface area contributed by atoms with Crippen LogP contribution in [-0.2, 0) is 6.54 Å². The van der Waals surface area contributed by atoms with E-state index in [0.29, 0.717) is 15.7 Å². The topological polar surface area (TPSA) is 45.2 Å². The Morgan fingerprint density at radius 2 is 1.89 bits per heavy atom. The molecular formula is C20H14BrF2N3O. The van der Waals surface area contributed by atoms with E-state index in [1.54, 1.807) is 47.5 Å². The maximum Gasteiger partial charge on any atom is 0.258 e. The molecule has 27 heavy (non-hydrogen) atoms. The fourth-order valence-corrected chi connectivity index (χ4v) is 3.42. The summed E-state index contributed by atoms with van der Waals surface area (Å²) in [7, 11) is 0. The molecule has 136 valence electrons. The van der Waals surface area contributed by atoms with Gasteiger partial charge < -0.3 is 10.2 Å². The van der Waals surface area contributed by atoms with Crippen molar-refractivity contribution in [2.45, 2.75) is 12.7 Å². The van der Waals surface area contributed by atoms with Crippen molar-refractivity contribution in [2.24, 2.45) is 0 Å². The highest BCUT2D eigenvalue weighted by molar-refractivity contribution is 9.10. The Morgan fingerprint density at radius 1 is 1.11 bits per heavy atom. The standard InChI is InChI=1S/C20H14BrF2N3O/c21-13-5-8-17(16(23)10-13)25-19-18-15(2-1-9-24-18)20(27)26(19)11-12-3-6-14(22)7-4-12/h1-10,19,25H,11H2. The summed E-state index contributed by atoms with van der Waals surface area (Å²) in [6.07, 6.45) is 0.967. The van der Waals surface area contributed by atoms with Crippen molar-refractivity contribution in [1.29, 1.82) is 0 Å². The Balaban J connectivity index is 1.70. The lowest BCUT2D eigenvalue weighted by Gasteiger charge is -2.26. The van der Waals surface area contributed by atoms with Gasteiger partial charge in [0.1, 0.15) is 17.8 Å². The summed E-state index contributed by atoms with van der Waals surface area (Å²) in [5.41, 5.74) is 2.03.